The lowest BCUT2D eigenvalue weighted by Crippen LogP contribution is -2.43. The molecule has 2 aliphatic heterocycles. The second kappa shape index (κ2) is 11.1. The second-order valence-electron chi connectivity index (χ2n) is 9.77. The Morgan fingerprint density at radius 2 is 1.10 bits per heavy atom. The summed E-state index contributed by atoms with van der Waals surface area (Å²) in [5.74, 6) is 4.86. The lowest BCUT2D eigenvalue weighted by atomic mass is 9.79. The van der Waals surface area contributed by atoms with Gasteiger partial charge >= 0.3 is 0 Å². The first kappa shape index (κ1) is 26.8. The first-order valence-corrected chi connectivity index (χ1v) is 13.0. The number of benzene rings is 3. The van der Waals surface area contributed by atoms with E-state index in [1.54, 1.807) is 49.8 Å². The van der Waals surface area contributed by atoms with Gasteiger partial charge in [0.2, 0.25) is 5.75 Å². The molecule has 0 spiro atoms. The predicted octanol–water partition coefficient (Wildman–Crippen LogP) is 5.19. The summed E-state index contributed by atoms with van der Waals surface area (Å²) in [4.78, 5) is 2.60. The van der Waals surface area contributed by atoms with Crippen molar-refractivity contribution in [3.8, 4) is 40.2 Å². The highest BCUT2D eigenvalue weighted by Crippen LogP contribution is 2.50. The van der Waals surface area contributed by atoms with Gasteiger partial charge in [0, 0.05) is 18.6 Å². The molecule has 0 N–H and O–H groups in total. The average Bonchev–Trinajstić information content (AvgIpc) is 2.98. The summed E-state index contributed by atoms with van der Waals surface area (Å²) in [5.41, 5.74) is 6.14. The van der Waals surface area contributed by atoms with E-state index in [0.29, 0.717) is 17.2 Å². The van der Waals surface area contributed by atoms with Crippen molar-refractivity contribution < 1.29 is 33.2 Å². The number of hydrogen-bond acceptors (Lipinski definition) is 8. The Morgan fingerprint density at radius 3 is 1.64 bits per heavy atom. The van der Waals surface area contributed by atoms with Crippen LogP contribution in [-0.2, 0) is 19.3 Å². The van der Waals surface area contributed by atoms with Gasteiger partial charge in [-0.1, -0.05) is 0 Å². The van der Waals surface area contributed by atoms with E-state index in [1.165, 1.54) is 22.3 Å². The molecule has 0 aliphatic carbocycles. The normalized spacial score (nSPS) is 17.8. The molecule has 3 aromatic rings. The van der Waals surface area contributed by atoms with Crippen molar-refractivity contribution in [2.24, 2.45) is 0 Å². The molecule has 0 unspecified atom stereocenters. The summed E-state index contributed by atoms with van der Waals surface area (Å²) in [5, 5.41) is 0. The summed E-state index contributed by atoms with van der Waals surface area (Å²) in [6, 6.07) is 12.9. The Labute approximate surface area is 230 Å². The van der Waals surface area contributed by atoms with E-state index in [-0.39, 0.29) is 12.1 Å². The molecule has 0 amide bonds. The van der Waals surface area contributed by atoms with Crippen LogP contribution in [0, 0.1) is 0 Å². The van der Waals surface area contributed by atoms with Gasteiger partial charge in [0.15, 0.2) is 34.5 Å². The summed E-state index contributed by atoms with van der Waals surface area (Å²) in [7, 11) is 11.6. The van der Waals surface area contributed by atoms with Gasteiger partial charge < -0.3 is 33.2 Å². The molecular weight excluding hydrogens is 498 g/mol. The maximum Gasteiger partial charge on any atom is 0.203 e. The van der Waals surface area contributed by atoms with Crippen LogP contribution in [0.15, 0.2) is 36.4 Å². The van der Waals surface area contributed by atoms with Crippen molar-refractivity contribution in [1.29, 1.82) is 0 Å². The molecule has 0 saturated heterocycles. The smallest absolute Gasteiger partial charge is 0.203 e. The quantitative estimate of drug-likeness (QED) is 0.371. The molecule has 8 nitrogen and oxygen atoms in total. The van der Waals surface area contributed by atoms with Crippen LogP contribution in [0.4, 0.5) is 0 Å². The number of fused-ring (bicyclic) bond motifs is 4. The van der Waals surface area contributed by atoms with Crippen molar-refractivity contribution in [1.82, 2.24) is 4.90 Å². The first-order chi connectivity index (χ1) is 19.0. The number of methoxy groups -OCH3 is 7. The van der Waals surface area contributed by atoms with Crippen LogP contribution in [0.2, 0.25) is 0 Å². The van der Waals surface area contributed by atoms with E-state index in [0.717, 1.165) is 54.4 Å². The molecule has 2 atom stereocenters. The maximum absolute atomic E-state index is 5.72. The van der Waals surface area contributed by atoms with Crippen LogP contribution in [0.3, 0.4) is 0 Å². The van der Waals surface area contributed by atoms with Gasteiger partial charge in [0.05, 0.1) is 49.8 Å². The summed E-state index contributed by atoms with van der Waals surface area (Å²) < 4.78 is 39.6. The molecule has 39 heavy (non-hydrogen) atoms. The molecule has 0 aromatic heterocycles. The minimum absolute atomic E-state index is 0.0857. The molecule has 0 saturated carbocycles. The molecule has 208 valence electrons. The Balaban J connectivity index is 1.64. The van der Waals surface area contributed by atoms with Crippen LogP contribution in [0.1, 0.15) is 39.9 Å². The van der Waals surface area contributed by atoms with Crippen LogP contribution in [0.25, 0.3) is 0 Å². The molecule has 5 rings (SSSR count). The lowest BCUT2D eigenvalue weighted by molar-refractivity contribution is 0.105. The van der Waals surface area contributed by atoms with Crippen LogP contribution in [0.5, 0.6) is 40.2 Å². The minimum Gasteiger partial charge on any atom is -0.493 e. The Bertz CT molecular complexity index is 1330. The monoisotopic (exact) mass is 535 g/mol. The molecule has 0 radical (unpaired) electrons. The Kier molecular flexibility index (Phi) is 7.66. The lowest BCUT2D eigenvalue weighted by Gasteiger charge is -2.47. The third-order valence-electron chi connectivity index (χ3n) is 8.02. The Morgan fingerprint density at radius 1 is 0.590 bits per heavy atom. The molecule has 2 heterocycles. The first-order valence-electron chi connectivity index (χ1n) is 13.0. The highest BCUT2D eigenvalue weighted by atomic mass is 16.5. The summed E-state index contributed by atoms with van der Waals surface area (Å²) in [6.07, 6.45) is 2.52. The van der Waals surface area contributed by atoms with Gasteiger partial charge in [0.1, 0.15) is 0 Å². The molecule has 2 aliphatic rings. The third-order valence-corrected chi connectivity index (χ3v) is 8.02. The minimum atomic E-state index is 0.0857. The SMILES string of the molecule is COc1cc2c(cc1OC)[C@H](Cc1cc(OC)c(OC)c(OC)c1)N1CCc3cc(OC)c(OC)cc3[C@@H]1C2. The standard InChI is InChI=1S/C31H37NO7/c1-33-25-14-19-8-9-32-23(10-18-11-29(37-5)31(39-7)30(12-18)38-6)22-17-28(36-4)26(34-2)15-20(22)13-24(32)21(19)16-27(25)35-3/h11-12,14-17,23-24H,8-10,13H2,1-7H3/t23-,24-/m0/s1. The predicted molar refractivity (Wildman–Crippen MR) is 148 cm³/mol. The molecule has 0 fully saturated rings. The van der Waals surface area contributed by atoms with Crippen LogP contribution in [-0.4, -0.2) is 61.2 Å². The number of hydrogen-bond donors (Lipinski definition) is 0. The highest BCUT2D eigenvalue weighted by Gasteiger charge is 2.40. The van der Waals surface area contributed by atoms with Crippen molar-refractivity contribution in [2.75, 3.05) is 56.3 Å². The molecule has 0 bridgehead atoms. The van der Waals surface area contributed by atoms with E-state index in [2.05, 4.69) is 29.2 Å². The molecular formula is C31H37NO7. The maximum atomic E-state index is 5.72. The second-order valence-corrected chi connectivity index (χ2v) is 9.77. The number of ether oxygens (including phenoxy) is 7. The van der Waals surface area contributed by atoms with E-state index in [1.807, 2.05) is 12.1 Å². The fourth-order valence-corrected chi connectivity index (χ4v) is 6.16. The third kappa shape index (κ3) is 4.67. The van der Waals surface area contributed by atoms with Crippen molar-refractivity contribution in [2.45, 2.75) is 31.3 Å². The zero-order valence-electron chi connectivity index (χ0n) is 23.8. The van der Waals surface area contributed by atoms with Crippen molar-refractivity contribution in [3.05, 3.63) is 64.2 Å². The van der Waals surface area contributed by atoms with Gasteiger partial charge in [-0.2, -0.15) is 0 Å². The van der Waals surface area contributed by atoms with Crippen molar-refractivity contribution >= 4 is 0 Å². The topological polar surface area (TPSA) is 67.9 Å². The number of nitrogens with zero attached hydrogens (tertiary/aromatic N) is 1. The number of rotatable bonds is 9. The molecule has 3 aromatic carbocycles. The van der Waals surface area contributed by atoms with Gasteiger partial charge in [-0.15, -0.1) is 0 Å². The fraction of sp³-hybridized carbons (Fsp3) is 0.419. The van der Waals surface area contributed by atoms with Crippen molar-refractivity contribution in [3.63, 3.8) is 0 Å². The van der Waals surface area contributed by atoms with Gasteiger partial charge in [-0.3, -0.25) is 4.90 Å². The van der Waals surface area contributed by atoms with Crippen LogP contribution < -0.4 is 33.2 Å². The Hall–Kier alpha value is -3.78. The van der Waals surface area contributed by atoms with E-state index >= 15 is 0 Å². The zero-order valence-corrected chi connectivity index (χ0v) is 23.8. The largest absolute Gasteiger partial charge is 0.493 e. The van der Waals surface area contributed by atoms with Gasteiger partial charge in [-0.05, 0) is 83.5 Å². The summed E-state index contributed by atoms with van der Waals surface area (Å²) in [6.45, 7) is 0.913. The van der Waals surface area contributed by atoms with Gasteiger partial charge in [-0.25, -0.2) is 0 Å². The van der Waals surface area contributed by atoms with Gasteiger partial charge in [0.25, 0.3) is 0 Å². The van der Waals surface area contributed by atoms with E-state index in [4.69, 9.17) is 33.2 Å². The zero-order chi connectivity index (χ0) is 27.7. The van der Waals surface area contributed by atoms with E-state index in [9.17, 15) is 0 Å². The fourth-order valence-electron chi connectivity index (χ4n) is 6.16. The van der Waals surface area contributed by atoms with E-state index < -0.39 is 0 Å². The highest BCUT2D eigenvalue weighted by molar-refractivity contribution is 5.56. The summed E-state index contributed by atoms with van der Waals surface area (Å²) >= 11 is 0. The van der Waals surface area contributed by atoms with Crippen LogP contribution >= 0.6 is 0 Å². The molecule has 8 heteroatoms. The average molecular weight is 536 g/mol.